The maximum absolute atomic E-state index is 4.95. The summed E-state index contributed by atoms with van der Waals surface area (Å²) in [6.07, 6.45) is 9.49. The van der Waals surface area contributed by atoms with Gasteiger partial charge in [-0.1, -0.05) is 66.7 Å². The topological polar surface area (TPSA) is 15.6 Å². The fourth-order valence-corrected chi connectivity index (χ4v) is 4.29. The molecule has 0 fully saturated rings. The van der Waals surface area contributed by atoms with Gasteiger partial charge >= 0.3 is 0 Å². The zero-order valence-electron chi connectivity index (χ0n) is 17.6. The van der Waals surface area contributed by atoms with Crippen molar-refractivity contribution in [1.29, 1.82) is 0 Å². The van der Waals surface area contributed by atoms with Gasteiger partial charge in [0.05, 0.1) is 0 Å². The number of thioether (sulfide) groups is 1. The van der Waals surface area contributed by atoms with Crippen LogP contribution in [0, 0.1) is 5.92 Å². The van der Waals surface area contributed by atoms with Crippen molar-refractivity contribution in [3.05, 3.63) is 84.4 Å². The van der Waals surface area contributed by atoms with E-state index in [0.717, 1.165) is 32.1 Å². The molecule has 0 heterocycles. The van der Waals surface area contributed by atoms with Crippen LogP contribution in [-0.2, 0) is 12.8 Å². The van der Waals surface area contributed by atoms with Crippen molar-refractivity contribution in [1.82, 2.24) is 5.01 Å². The van der Waals surface area contributed by atoms with Crippen molar-refractivity contribution in [3.8, 4) is 0 Å². The van der Waals surface area contributed by atoms with Crippen molar-refractivity contribution >= 4 is 17.5 Å². The quantitative estimate of drug-likeness (QED) is 0.246. The molecule has 0 saturated carbocycles. The Morgan fingerprint density at radius 3 is 2.18 bits per heavy atom. The first-order valence-corrected chi connectivity index (χ1v) is 11.4. The minimum absolute atomic E-state index is 0.436. The minimum atomic E-state index is 0.436. The maximum Gasteiger partial charge on any atom is 0.0418 e. The van der Waals surface area contributed by atoms with Gasteiger partial charge in [0.25, 0.3) is 0 Å². The first-order valence-electron chi connectivity index (χ1n) is 10.1. The molecule has 0 aliphatic heterocycles. The van der Waals surface area contributed by atoms with E-state index in [9.17, 15) is 0 Å². The van der Waals surface area contributed by atoms with Gasteiger partial charge in [0.1, 0.15) is 0 Å². The van der Waals surface area contributed by atoms with Crippen LogP contribution in [0.5, 0.6) is 0 Å². The Hall–Kier alpha value is -2.00. The molecule has 0 aromatic heterocycles. The van der Waals surface area contributed by atoms with Gasteiger partial charge in [0.15, 0.2) is 0 Å². The largest absolute Gasteiger partial charge is 0.303 e. The highest BCUT2D eigenvalue weighted by atomic mass is 32.2. The van der Waals surface area contributed by atoms with Gasteiger partial charge < -0.3 is 5.01 Å². The first-order chi connectivity index (χ1) is 13.6. The number of rotatable bonds is 12. The number of hydrogen-bond acceptors (Lipinski definition) is 3. The van der Waals surface area contributed by atoms with Crippen LogP contribution in [0.25, 0.3) is 0 Å². The van der Waals surface area contributed by atoms with Crippen LogP contribution in [0.3, 0.4) is 0 Å². The fourth-order valence-electron chi connectivity index (χ4n) is 3.54. The Morgan fingerprint density at radius 1 is 1.04 bits per heavy atom. The van der Waals surface area contributed by atoms with Gasteiger partial charge in [0.2, 0.25) is 0 Å². The maximum atomic E-state index is 4.95. The van der Waals surface area contributed by atoms with E-state index in [2.05, 4.69) is 73.5 Å². The van der Waals surface area contributed by atoms with E-state index in [1.165, 1.54) is 16.8 Å². The van der Waals surface area contributed by atoms with Gasteiger partial charge in [-0.3, -0.25) is 0 Å². The van der Waals surface area contributed by atoms with Crippen LogP contribution >= 0.6 is 11.8 Å². The average molecular weight is 395 g/mol. The second-order valence-electron chi connectivity index (χ2n) is 7.43. The summed E-state index contributed by atoms with van der Waals surface area (Å²) >= 11 is 1.94. The van der Waals surface area contributed by atoms with Crippen molar-refractivity contribution in [2.24, 2.45) is 11.0 Å². The minimum Gasteiger partial charge on any atom is -0.303 e. The lowest BCUT2D eigenvalue weighted by Crippen LogP contribution is -2.25. The van der Waals surface area contributed by atoms with E-state index in [1.54, 1.807) is 0 Å². The van der Waals surface area contributed by atoms with E-state index in [-0.39, 0.29) is 0 Å². The highest BCUT2D eigenvalue weighted by molar-refractivity contribution is 7.99. The first kappa shape index (κ1) is 22.3. The Bertz CT molecular complexity index is 710. The van der Waals surface area contributed by atoms with Gasteiger partial charge in [-0.2, -0.15) is 16.9 Å². The lowest BCUT2D eigenvalue weighted by Gasteiger charge is -2.25. The molecule has 0 bridgehead atoms. The molecule has 2 unspecified atom stereocenters. The highest BCUT2D eigenvalue weighted by Gasteiger charge is 2.21. The number of aryl methyl sites for hydroxylation is 1. The molecule has 0 aliphatic carbocycles. The predicted molar refractivity (Wildman–Crippen MR) is 126 cm³/mol. The zero-order chi connectivity index (χ0) is 20.2. The van der Waals surface area contributed by atoms with Crippen LogP contribution < -0.4 is 0 Å². The summed E-state index contributed by atoms with van der Waals surface area (Å²) in [4.78, 5) is 0. The van der Waals surface area contributed by atoms with Gasteiger partial charge in [-0.15, -0.1) is 6.58 Å². The summed E-state index contributed by atoms with van der Waals surface area (Å²) in [5.41, 5.74) is 4.07. The Morgan fingerprint density at radius 2 is 1.64 bits per heavy atom. The summed E-state index contributed by atoms with van der Waals surface area (Å²) in [7, 11) is 4.05. The number of benzene rings is 2. The molecule has 0 radical (unpaired) electrons. The number of hydrazone groups is 1. The standard InChI is InChI=1S/C25H34N2S/c1-5-12-24(28-4)20-23(19-22-15-10-7-11-16-22)25(26-27(2)3)18-17-21-13-8-6-9-14-21/h5-11,13-16,23-24H,1,12,17-20H2,2-4H3/b26-25-. The van der Waals surface area contributed by atoms with Crippen LogP contribution in [0.1, 0.15) is 30.4 Å². The molecule has 0 spiro atoms. The molecule has 2 nitrogen and oxygen atoms in total. The van der Waals surface area contributed by atoms with Crippen LogP contribution in [0.4, 0.5) is 0 Å². The van der Waals surface area contributed by atoms with E-state index >= 15 is 0 Å². The van der Waals surface area contributed by atoms with Gasteiger partial charge in [-0.05, 0) is 49.5 Å². The number of allylic oxidation sites excluding steroid dienone is 1. The van der Waals surface area contributed by atoms with Crippen LogP contribution in [-0.4, -0.2) is 36.3 Å². The van der Waals surface area contributed by atoms with E-state index in [0.29, 0.717) is 11.2 Å². The third kappa shape index (κ3) is 7.93. The molecule has 2 rings (SSSR count). The van der Waals surface area contributed by atoms with Crippen LogP contribution in [0.15, 0.2) is 78.4 Å². The summed E-state index contributed by atoms with van der Waals surface area (Å²) in [6.45, 7) is 3.96. The third-order valence-electron chi connectivity index (χ3n) is 4.95. The normalized spacial score (nSPS) is 13.8. The Kier molecular flexibility index (Phi) is 9.92. The number of hydrogen-bond donors (Lipinski definition) is 0. The molecular weight excluding hydrogens is 360 g/mol. The lowest BCUT2D eigenvalue weighted by atomic mass is 9.87. The second-order valence-corrected chi connectivity index (χ2v) is 8.57. The van der Waals surface area contributed by atoms with E-state index in [4.69, 9.17) is 5.10 Å². The number of nitrogens with zero attached hydrogens (tertiary/aromatic N) is 2. The van der Waals surface area contributed by atoms with Crippen LogP contribution in [0.2, 0.25) is 0 Å². The Labute approximate surface area is 175 Å². The molecule has 2 aromatic rings. The smallest absolute Gasteiger partial charge is 0.0418 e. The van der Waals surface area contributed by atoms with Crippen molar-refractivity contribution in [2.45, 2.75) is 37.4 Å². The highest BCUT2D eigenvalue weighted by Crippen LogP contribution is 2.26. The monoisotopic (exact) mass is 394 g/mol. The molecule has 28 heavy (non-hydrogen) atoms. The molecule has 2 aromatic carbocycles. The van der Waals surface area contributed by atoms with Crippen molar-refractivity contribution in [2.75, 3.05) is 20.4 Å². The molecule has 0 saturated heterocycles. The SMILES string of the molecule is C=CCC(CC(Cc1ccccc1)/C(CCc1ccccc1)=N\N(C)C)SC. The summed E-state index contributed by atoms with van der Waals surface area (Å²) < 4.78 is 0. The summed E-state index contributed by atoms with van der Waals surface area (Å²) in [6, 6.07) is 21.6. The van der Waals surface area contributed by atoms with Crippen molar-refractivity contribution < 1.29 is 0 Å². The molecule has 0 aliphatic rings. The van der Waals surface area contributed by atoms with Gasteiger partial charge in [-0.25, -0.2) is 0 Å². The summed E-state index contributed by atoms with van der Waals surface area (Å²) in [5, 5.41) is 7.49. The average Bonchev–Trinajstić information content (AvgIpc) is 2.71. The fraction of sp³-hybridized carbons (Fsp3) is 0.400. The molecule has 3 heteroatoms. The van der Waals surface area contributed by atoms with Crippen molar-refractivity contribution in [3.63, 3.8) is 0 Å². The zero-order valence-corrected chi connectivity index (χ0v) is 18.4. The third-order valence-corrected chi connectivity index (χ3v) is 6.00. The van der Waals surface area contributed by atoms with Gasteiger partial charge in [0, 0.05) is 31.0 Å². The Balaban J connectivity index is 2.23. The molecule has 0 amide bonds. The summed E-state index contributed by atoms with van der Waals surface area (Å²) in [5.74, 6) is 0.436. The molecule has 2 atom stereocenters. The predicted octanol–water partition coefficient (Wildman–Crippen LogP) is 6.09. The molecule has 150 valence electrons. The van der Waals surface area contributed by atoms with E-state index < -0.39 is 0 Å². The molecule has 0 N–H and O–H groups in total. The lowest BCUT2D eigenvalue weighted by molar-refractivity contribution is 0.426. The molecular formula is C25H34N2S. The van der Waals surface area contributed by atoms with E-state index in [1.807, 2.05) is 36.9 Å². The second kappa shape index (κ2) is 12.5.